The Balaban J connectivity index is 1.21. The molecule has 6 rings (SSSR count). The number of nitrogens with zero attached hydrogens (tertiary/aromatic N) is 4. The van der Waals surface area contributed by atoms with Gasteiger partial charge >= 0.3 is 0 Å². The molecule has 0 aliphatic carbocycles. The van der Waals surface area contributed by atoms with E-state index in [-0.39, 0.29) is 4.90 Å². The highest BCUT2D eigenvalue weighted by Gasteiger charge is 2.46. The van der Waals surface area contributed by atoms with Crippen molar-refractivity contribution in [3.8, 4) is 11.1 Å². The van der Waals surface area contributed by atoms with Crippen molar-refractivity contribution in [2.45, 2.75) is 35.9 Å². The number of imidazole rings is 1. The fourth-order valence-corrected chi connectivity index (χ4v) is 5.81. The molecule has 2 aromatic heterocycles. The van der Waals surface area contributed by atoms with Crippen LogP contribution in [0.4, 0.5) is 5.82 Å². The van der Waals surface area contributed by atoms with Gasteiger partial charge in [0.1, 0.15) is 24.6 Å². The molecule has 0 spiro atoms. The fraction of sp³-hybridized carbons (Fsp3) is 0.226. The summed E-state index contributed by atoms with van der Waals surface area (Å²) in [6.45, 7) is -0.113. The lowest BCUT2D eigenvalue weighted by molar-refractivity contribution is -0.0440. The minimum Gasteiger partial charge on any atom is -0.394 e. The van der Waals surface area contributed by atoms with E-state index in [1.165, 1.54) is 12.7 Å². The summed E-state index contributed by atoms with van der Waals surface area (Å²) in [5.41, 5.74) is 4.03. The van der Waals surface area contributed by atoms with Gasteiger partial charge in [0.15, 0.2) is 33.0 Å². The number of benzene rings is 3. The largest absolute Gasteiger partial charge is 0.394 e. The third kappa shape index (κ3) is 5.90. The van der Waals surface area contributed by atoms with Crippen LogP contribution in [0.2, 0.25) is 0 Å². The van der Waals surface area contributed by atoms with Crippen LogP contribution in [0.5, 0.6) is 0 Å². The minimum absolute atomic E-state index is 0.232. The number of aromatic nitrogens is 4. The number of fused-ring (bicyclic) bond motifs is 1. The summed E-state index contributed by atoms with van der Waals surface area (Å²) in [7, 11) is -3.30. The molecule has 0 radical (unpaired) electrons. The fourth-order valence-electron chi connectivity index (χ4n) is 5.18. The number of aliphatic hydroxyl groups excluding tert-OH is 2. The molecule has 0 unspecified atom stereocenters. The Morgan fingerprint density at radius 3 is 2.34 bits per heavy atom. The van der Waals surface area contributed by atoms with Crippen molar-refractivity contribution >= 4 is 32.7 Å². The first-order valence-corrected chi connectivity index (χ1v) is 15.7. The molecule has 1 aliphatic rings. The number of ether oxygens (including phenoxy) is 1. The highest BCUT2D eigenvalue weighted by Crippen LogP contribution is 2.33. The lowest BCUT2D eigenvalue weighted by atomic mass is 10.0. The van der Waals surface area contributed by atoms with Crippen LogP contribution in [0.15, 0.2) is 96.4 Å². The summed E-state index contributed by atoms with van der Waals surface area (Å²) in [5, 5.41) is 26.9. The highest BCUT2D eigenvalue weighted by molar-refractivity contribution is 7.90. The first-order valence-electron chi connectivity index (χ1n) is 13.8. The van der Waals surface area contributed by atoms with Crippen molar-refractivity contribution in [1.29, 1.82) is 0 Å². The Morgan fingerprint density at radius 2 is 1.66 bits per heavy atom. The number of nitrogens with one attached hydrogen (secondary N) is 2. The topological polar surface area (TPSA) is 169 Å². The van der Waals surface area contributed by atoms with Crippen LogP contribution in [0, 0.1) is 0 Å². The Labute approximate surface area is 253 Å². The number of hydrogen-bond acceptors (Lipinski definition) is 10. The molecular formula is C31H30N6O6S. The van der Waals surface area contributed by atoms with Gasteiger partial charge in [-0.25, -0.2) is 23.4 Å². The third-order valence-electron chi connectivity index (χ3n) is 7.55. The third-order valence-corrected chi connectivity index (χ3v) is 8.68. The van der Waals surface area contributed by atoms with Crippen molar-refractivity contribution in [3.63, 3.8) is 0 Å². The standard InChI is InChI=1S/C31H30N6O6S/c1-44(41,42)23-13-7-19(8-14-23)15-32-28-26-29(34-17-33-28)37(18-35-26)31-25(27(39)24(16-38)43-31)36-30(40)22-11-9-21(10-12-22)20-5-3-2-4-6-20/h2-14,17-18,24-25,27,31,38-39H,15-16H2,1H3,(H,36,40)(H,32,33,34)/t24-,25-,27-,31-/m1/s1. The maximum atomic E-state index is 13.3. The molecule has 5 aromatic rings. The van der Waals surface area contributed by atoms with E-state index in [0.717, 1.165) is 22.9 Å². The van der Waals surface area contributed by atoms with Crippen molar-refractivity contribution < 1.29 is 28.2 Å². The number of amides is 1. The van der Waals surface area contributed by atoms with Gasteiger partial charge in [-0.15, -0.1) is 0 Å². The molecular weight excluding hydrogens is 584 g/mol. The number of sulfone groups is 1. The van der Waals surface area contributed by atoms with Gasteiger partial charge < -0.3 is 25.6 Å². The Bertz CT molecular complexity index is 1880. The van der Waals surface area contributed by atoms with Gasteiger partial charge in [-0.2, -0.15) is 0 Å². The molecule has 3 heterocycles. The van der Waals surface area contributed by atoms with Crippen LogP contribution in [0.3, 0.4) is 0 Å². The van der Waals surface area contributed by atoms with Crippen LogP contribution in [0.1, 0.15) is 22.1 Å². The number of carbonyl (C=O) groups excluding carboxylic acids is 1. The van der Waals surface area contributed by atoms with Crippen LogP contribution in [-0.2, 0) is 21.1 Å². The second kappa shape index (κ2) is 12.1. The predicted molar refractivity (Wildman–Crippen MR) is 162 cm³/mol. The van der Waals surface area contributed by atoms with E-state index < -0.39 is 46.8 Å². The first kappa shape index (κ1) is 29.4. The molecule has 1 aliphatic heterocycles. The molecule has 1 amide bonds. The zero-order valence-corrected chi connectivity index (χ0v) is 24.4. The van der Waals surface area contributed by atoms with E-state index in [1.54, 1.807) is 41.0 Å². The molecule has 1 saturated heterocycles. The molecule has 12 nitrogen and oxygen atoms in total. The van der Waals surface area contributed by atoms with Crippen LogP contribution in [0.25, 0.3) is 22.3 Å². The quantitative estimate of drug-likeness (QED) is 0.194. The van der Waals surface area contributed by atoms with Gasteiger partial charge in [0, 0.05) is 18.4 Å². The predicted octanol–water partition coefficient (Wildman–Crippen LogP) is 2.56. The summed E-state index contributed by atoms with van der Waals surface area (Å²) in [6.07, 6.45) is 0.916. The zero-order valence-electron chi connectivity index (χ0n) is 23.6. The SMILES string of the molecule is CS(=O)(=O)c1ccc(CNc2ncnc3c2ncn3[C@@H]2O[C@H](CO)[C@@H](O)[C@H]2NC(=O)c2ccc(-c3ccccc3)cc2)cc1. The van der Waals surface area contributed by atoms with Crippen molar-refractivity contribution in [1.82, 2.24) is 24.8 Å². The van der Waals surface area contributed by atoms with Gasteiger partial charge in [-0.1, -0.05) is 54.6 Å². The molecule has 0 bridgehead atoms. The molecule has 4 atom stereocenters. The molecule has 3 aromatic carbocycles. The average Bonchev–Trinajstić information content (AvgIpc) is 3.61. The molecule has 226 valence electrons. The van der Waals surface area contributed by atoms with Crippen LogP contribution < -0.4 is 10.6 Å². The number of aliphatic hydroxyl groups is 2. The summed E-state index contributed by atoms with van der Waals surface area (Å²) < 4.78 is 31.1. The second-order valence-electron chi connectivity index (χ2n) is 10.5. The minimum atomic E-state index is -3.30. The van der Waals surface area contributed by atoms with Gasteiger partial charge in [-0.3, -0.25) is 9.36 Å². The van der Waals surface area contributed by atoms with Gasteiger partial charge in [0.25, 0.3) is 5.91 Å². The van der Waals surface area contributed by atoms with E-state index >= 15 is 0 Å². The summed E-state index contributed by atoms with van der Waals surface area (Å²) in [6, 6.07) is 22.5. The molecule has 13 heteroatoms. The van der Waals surface area contributed by atoms with Crippen molar-refractivity contribution in [3.05, 3.63) is 103 Å². The van der Waals surface area contributed by atoms with Gasteiger partial charge in [0.05, 0.1) is 17.8 Å². The molecule has 1 fully saturated rings. The average molecular weight is 615 g/mol. The highest BCUT2D eigenvalue weighted by atomic mass is 32.2. The first-order chi connectivity index (χ1) is 21.2. The van der Waals surface area contributed by atoms with E-state index in [1.807, 2.05) is 42.5 Å². The number of hydrogen-bond donors (Lipinski definition) is 4. The summed E-state index contributed by atoms with van der Waals surface area (Å²) >= 11 is 0. The lowest BCUT2D eigenvalue weighted by Gasteiger charge is -2.23. The van der Waals surface area contributed by atoms with Crippen LogP contribution >= 0.6 is 0 Å². The molecule has 0 saturated carbocycles. The van der Waals surface area contributed by atoms with Crippen molar-refractivity contribution in [2.24, 2.45) is 0 Å². The van der Waals surface area contributed by atoms with E-state index in [9.17, 15) is 23.4 Å². The van der Waals surface area contributed by atoms with Gasteiger partial charge in [0.2, 0.25) is 0 Å². The van der Waals surface area contributed by atoms with Crippen molar-refractivity contribution in [2.75, 3.05) is 18.2 Å². The molecule has 4 N–H and O–H groups in total. The van der Waals surface area contributed by atoms with Crippen LogP contribution in [-0.4, -0.2) is 75.2 Å². The Kier molecular flexibility index (Phi) is 8.10. The number of carbonyl (C=O) groups is 1. The Hall–Kier alpha value is -4.69. The zero-order chi connectivity index (χ0) is 30.8. The van der Waals surface area contributed by atoms with E-state index in [4.69, 9.17) is 4.74 Å². The summed E-state index contributed by atoms with van der Waals surface area (Å²) in [4.78, 5) is 26.7. The monoisotopic (exact) mass is 614 g/mol. The maximum Gasteiger partial charge on any atom is 0.251 e. The number of rotatable bonds is 9. The normalized spacial score (nSPS) is 20.1. The Morgan fingerprint density at radius 1 is 0.955 bits per heavy atom. The van der Waals surface area contributed by atoms with E-state index in [2.05, 4.69) is 25.6 Å². The lowest BCUT2D eigenvalue weighted by Crippen LogP contribution is -2.46. The summed E-state index contributed by atoms with van der Waals surface area (Å²) in [5.74, 6) is 0.0152. The second-order valence-corrected chi connectivity index (χ2v) is 12.5. The van der Waals surface area contributed by atoms with Gasteiger partial charge in [-0.05, 0) is 41.0 Å². The van der Waals surface area contributed by atoms with E-state index in [0.29, 0.717) is 29.1 Å². The number of anilines is 1. The maximum absolute atomic E-state index is 13.3. The smallest absolute Gasteiger partial charge is 0.251 e. The molecule has 44 heavy (non-hydrogen) atoms.